The first kappa shape index (κ1) is 50.7. The van der Waals surface area contributed by atoms with E-state index in [1.807, 2.05) is 0 Å². The molecule has 0 saturated carbocycles. The quantitative estimate of drug-likeness (QED) is 0.132. The van der Waals surface area contributed by atoms with Gasteiger partial charge < -0.3 is 20.2 Å². The van der Waals surface area contributed by atoms with Crippen LogP contribution >= 0.6 is 31.9 Å². The number of aromatic nitrogens is 4. The van der Waals surface area contributed by atoms with E-state index in [4.69, 9.17) is 9.97 Å². The van der Waals surface area contributed by atoms with Crippen LogP contribution in [0.3, 0.4) is 0 Å². The molecule has 78 heavy (non-hydrogen) atoms. The standard InChI is InChI=1S/C70H66Br2N4O2/c1-9-41-35(5)65-61-49-25-18-24-47-53-31-39(28-30-48(53)59(47)49)19-13-15-21-51-63(71)70(78)52(64(72)69(51)77)22-16-14-20-40-27-29-45-46-23-17-26-50(60(46)54(45)32-40)62(67-37(7)43(11-3)57(75-67)33-55(41)73-65)68-38(8)44(12-4)58(76-68)34-56-42(10-2)36(6)66(61)74-56/h17-18,23-34,75-78H,9-16,19-22H2,1-8H3. The first-order chi connectivity index (χ1) is 37.8. The van der Waals surface area contributed by atoms with Gasteiger partial charge in [0.05, 0.1) is 42.8 Å². The van der Waals surface area contributed by atoms with Crippen LogP contribution < -0.4 is 0 Å². The number of nitrogens with zero attached hydrogens (tertiary/aromatic N) is 2. The molecular formula is C70H66Br2N4O2. The summed E-state index contributed by atoms with van der Waals surface area (Å²) in [4.78, 5) is 19.9. The average molecular weight is 1160 g/mol. The van der Waals surface area contributed by atoms with E-state index in [1.165, 1.54) is 117 Å². The highest BCUT2D eigenvalue weighted by molar-refractivity contribution is 9.11. The number of aromatic amines is 2. The van der Waals surface area contributed by atoms with Crippen molar-refractivity contribution in [3.63, 3.8) is 0 Å². The number of hydrogen-bond acceptors (Lipinski definition) is 4. The fraction of sp³-hybridized carbons (Fsp3) is 0.286. The highest BCUT2D eigenvalue weighted by Crippen LogP contribution is 2.57. The number of hydrogen-bond donors (Lipinski definition) is 4. The van der Waals surface area contributed by atoms with E-state index in [2.05, 4.69) is 182 Å². The van der Waals surface area contributed by atoms with Crippen molar-refractivity contribution in [2.75, 3.05) is 0 Å². The predicted molar refractivity (Wildman–Crippen MR) is 333 cm³/mol. The summed E-state index contributed by atoms with van der Waals surface area (Å²) in [5.74, 6) is 0.440. The van der Waals surface area contributed by atoms with Crippen molar-refractivity contribution in [1.82, 2.24) is 19.9 Å². The Kier molecular flexibility index (Phi) is 12.7. The van der Waals surface area contributed by atoms with Crippen LogP contribution in [0.5, 0.6) is 11.5 Å². The van der Waals surface area contributed by atoms with Gasteiger partial charge in [0.2, 0.25) is 0 Å². The monoisotopic (exact) mass is 1150 g/mol. The molecule has 0 spiro atoms. The molecule has 13 aliphatic rings. The molecule has 2 aliphatic carbocycles. The molecule has 0 fully saturated rings. The van der Waals surface area contributed by atoms with Crippen LogP contribution in [0.1, 0.15) is 147 Å². The number of aromatic hydroxyl groups is 2. The number of allylic oxidation sites excluding steroid dienone is 4. The first-order valence-electron chi connectivity index (χ1n) is 28.5. The van der Waals surface area contributed by atoms with Crippen LogP contribution in [0.25, 0.3) is 111 Å². The predicted octanol–water partition coefficient (Wildman–Crippen LogP) is 19.7. The van der Waals surface area contributed by atoms with Gasteiger partial charge in [0, 0.05) is 33.3 Å². The summed E-state index contributed by atoms with van der Waals surface area (Å²) >= 11 is 7.45. The van der Waals surface area contributed by atoms with Crippen LogP contribution in [-0.4, -0.2) is 30.1 Å². The van der Waals surface area contributed by atoms with Crippen LogP contribution in [0.4, 0.5) is 0 Å². The Bertz CT molecular complexity index is 4030. The first-order valence-corrected chi connectivity index (χ1v) is 30.1. The topological polar surface area (TPSA) is 97.8 Å². The second-order valence-electron chi connectivity index (χ2n) is 22.3. The highest BCUT2D eigenvalue weighted by Gasteiger charge is 2.34. The van der Waals surface area contributed by atoms with Crippen molar-refractivity contribution >= 4 is 76.2 Å². The van der Waals surface area contributed by atoms with Crippen molar-refractivity contribution in [2.24, 2.45) is 0 Å². The summed E-state index contributed by atoms with van der Waals surface area (Å²) in [7, 11) is 0. The van der Waals surface area contributed by atoms with Crippen molar-refractivity contribution in [3.8, 4) is 78.3 Å². The zero-order valence-corrected chi connectivity index (χ0v) is 49.3. The van der Waals surface area contributed by atoms with E-state index < -0.39 is 0 Å². The Labute approximate surface area is 475 Å². The molecule has 392 valence electrons. The fourth-order valence-electron chi connectivity index (χ4n) is 14.1. The van der Waals surface area contributed by atoms with E-state index >= 15 is 0 Å². The molecule has 0 radical (unpaired) electrons. The summed E-state index contributed by atoms with van der Waals surface area (Å²) < 4.78 is 1.20. The van der Waals surface area contributed by atoms with Crippen LogP contribution in [0, 0.1) is 13.8 Å². The van der Waals surface area contributed by atoms with Gasteiger partial charge in [0.15, 0.2) is 0 Å². The number of halogens is 2. The number of rotatable bonds is 4. The molecule has 0 unspecified atom stereocenters. The maximum atomic E-state index is 11.6. The lowest BCUT2D eigenvalue weighted by molar-refractivity contribution is 0.440. The van der Waals surface area contributed by atoms with Gasteiger partial charge in [-0.3, -0.25) is 0 Å². The maximum absolute atomic E-state index is 11.6. The van der Waals surface area contributed by atoms with Crippen LogP contribution in [0.15, 0.2) is 93.9 Å². The Hall–Kier alpha value is -6.74. The molecule has 0 saturated heterocycles. The lowest BCUT2D eigenvalue weighted by atomic mass is 9.75. The van der Waals surface area contributed by atoms with E-state index in [0.29, 0.717) is 21.8 Å². The van der Waals surface area contributed by atoms with Crippen molar-refractivity contribution in [1.29, 1.82) is 0 Å². The number of phenolic OH excluding ortho intramolecular Hbond substituents is 2. The Morgan fingerprint density at radius 3 is 1.38 bits per heavy atom. The van der Waals surface area contributed by atoms with Gasteiger partial charge in [0.25, 0.3) is 0 Å². The van der Waals surface area contributed by atoms with Gasteiger partial charge in [-0.2, -0.15) is 0 Å². The third-order valence-electron chi connectivity index (χ3n) is 18.2. The number of phenols is 2. The third-order valence-corrected chi connectivity index (χ3v) is 19.9. The number of aryl methyl sites for hydroxylation is 6. The molecule has 3 aromatic heterocycles. The second-order valence-corrected chi connectivity index (χ2v) is 23.9. The van der Waals surface area contributed by atoms with E-state index in [-0.39, 0.29) is 11.5 Å². The molecule has 0 atom stereocenters. The van der Waals surface area contributed by atoms with Gasteiger partial charge in [-0.1, -0.05) is 100 Å². The highest BCUT2D eigenvalue weighted by atomic mass is 79.9. The zero-order valence-electron chi connectivity index (χ0n) is 46.1. The third kappa shape index (κ3) is 7.66. The molecule has 6 nitrogen and oxygen atoms in total. The number of H-pyrrole nitrogens is 2. The minimum absolute atomic E-state index is 0.220. The van der Waals surface area contributed by atoms with Crippen LogP contribution in [0.2, 0.25) is 0 Å². The molecule has 21 rings (SSSR count). The molecule has 5 aromatic carbocycles. The second kappa shape index (κ2) is 19.6. The SMILES string of the molecule is CCC1=C(C)c2nc1cc1[nH]c(c(C)c1CC)c1c3[nH]c(cc4nc(c2-c2cccc5c2-c2ccc(cc2-5)CCCCc2c(O)c(Br)c(c(O)c2Br)CCCCc2ccc5c(c2)-c2c-5cccc2-1)C(C)=C4CC)c(CC)c3C. The van der Waals surface area contributed by atoms with Gasteiger partial charge in [0.1, 0.15) is 11.5 Å². The van der Waals surface area contributed by atoms with Crippen molar-refractivity contribution in [2.45, 2.75) is 132 Å². The van der Waals surface area contributed by atoms with Crippen molar-refractivity contribution < 1.29 is 10.2 Å². The Morgan fingerprint density at radius 1 is 0.449 bits per heavy atom. The summed E-state index contributed by atoms with van der Waals surface area (Å²) in [6.07, 6.45) is 10.1. The lowest BCUT2D eigenvalue weighted by Crippen LogP contribution is -2.04. The lowest BCUT2D eigenvalue weighted by Gasteiger charge is -2.28. The number of fused-ring (bicyclic) bond motifs is 1. The van der Waals surface area contributed by atoms with Crippen molar-refractivity contribution in [3.05, 3.63) is 161 Å². The number of benzene rings is 5. The van der Waals surface area contributed by atoms with Gasteiger partial charge in [-0.25, -0.2) is 9.97 Å². The normalized spacial score (nSPS) is 14.6. The molecule has 0 amide bonds. The molecule has 8 heteroatoms. The molecular weight excluding hydrogens is 1090 g/mol. The smallest absolute Gasteiger partial charge is 0.134 e. The fourth-order valence-corrected chi connectivity index (χ4v) is 15.4. The molecule has 8 aromatic rings. The summed E-state index contributed by atoms with van der Waals surface area (Å²) in [5, 5.41) is 23.2. The minimum atomic E-state index is 0.220. The van der Waals surface area contributed by atoms with E-state index in [9.17, 15) is 10.2 Å². The Balaban J connectivity index is 1.10. The molecule has 20 bridgehead atoms. The van der Waals surface area contributed by atoms with Gasteiger partial charge in [-0.05, 0) is 260 Å². The zero-order chi connectivity index (χ0) is 54.0. The summed E-state index contributed by atoms with van der Waals surface area (Å²) in [5.41, 5.74) is 37.5. The van der Waals surface area contributed by atoms with Crippen LogP contribution in [-0.2, 0) is 38.5 Å². The largest absolute Gasteiger partial charge is 0.506 e. The number of nitrogens with one attached hydrogen (secondary N) is 2. The average Bonchev–Trinajstić information content (AvgIpc) is 4.15. The molecule has 11 aliphatic heterocycles. The maximum Gasteiger partial charge on any atom is 0.134 e. The summed E-state index contributed by atoms with van der Waals surface area (Å²) in [6, 6.07) is 32.4. The molecule has 14 heterocycles. The van der Waals surface area contributed by atoms with Gasteiger partial charge in [-0.15, -0.1) is 0 Å². The minimum Gasteiger partial charge on any atom is -0.506 e. The Morgan fingerprint density at radius 2 is 0.885 bits per heavy atom. The molecule has 4 N–H and O–H groups in total. The van der Waals surface area contributed by atoms with E-state index in [0.717, 1.165) is 126 Å². The van der Waals surface area contributed by atoms with Gasteiger partial charge >= 0.3 is 0 Å². The summed E-state index contributed by atoms with van der Waals surface area (Å²) in [6.45, 7) is 18.3. The van der Waals surface area contributed by atoms with E-state index in [1.54, 1.807) is 0 Å².